The minimum Gasteiger partial charge on any atom is -0.480 e. The number of unbranched alkanes of at least 4 members (excludes halogenated alkanes) is 1. The molecule has 0 radical (unpaired) electrons. The summed E-state index contributed by atoms with van der Waals surface area (Å²) in [5.74, 6) is -3.42. The topological polar surface area (TPSA) is 154 Å². The monoisotopic (exact) mass is 536 g/mol. The summed E-state index contributed by atoms with van der Waals surface area (Å²) in [5, 5.41) is 17.2. The lowest BCUT2D eigenvalue weighted by atomic mass is 10.1. The fraction of sp³-hybridized carbons (Fsp3) is 0.458. The Hall–Kier alpha value is -3.91. The maximum Gasteiger partial charge on any atom is 0.407 e. The number of nitrogens with one attached hydrogen (secondary N) is 3. The number of aryl methyl sites for hydroxylation is 1. The zero-order valence-electron chi connectivity index (χ0n) is 21.0. The Morgan fingerprint density at radius 2 is 2.18 bits per heavy atom. The van der Waals surface area contributed by atoms with Gasteiger partial charge in [-0.25, -0.2) is 18.4 Å². The number of carbonyl (C=O) groups excluding carboxylic acids is 2. The number of carbonyl (C=O) groups is 3. The Balaban J connectivity index is 1.90. The summed E-state index contributed by atoms with van der Waals surface area (Å²) in [5.41, 5.74) is -1.72. The lowest BCUT2D eigenvalue weighted by Gasteiger charge is -2.23. The Morgan fingerprint density at radius 3 is 2.82 bits per heavy atom. The average molecular weight is 537 g/mol. The van der Waals surface area contributed by atoms with Crippen LogP contribution in [0.25, 0.3) is 10.9 Å². The third-order valence-electron chi connectivity index (χ3n) is 5.91. The molecule has 1 aromatic carbocycles. The van der Waals surface area contributed by atoms with E-state index in [2.05, 4.69) is 20.9 Å². The van der Waals surface area contributed by atoms with Crippen LogP contribution in [0.1, 0.15) is 31.7 Å². The molecule has 2 amide bonds. The molecule has 0 fully saturated rings. The van der Waals surface area contributed by atoms with Crippen molar-refractivity contribution in [1.29, 1.82) is 0 Å². The highest BCUT2D eigenvalue weighted by atomic mass is 19.1. The van der Waals surface area contributed by atoms with Crippen LogP contribution in [0, 0.1) is 11.6 Å². The van der Waals surface area contributed by atoms with Gasteiger partial charge >= 0.3 is 12.1 Å². The fourth-order valence-electron chi connectivity index (χ4n) is 3.89. The molecule has 2 aromatic rings. The molecule has 1 aliphatic rings. The van der Waals surface area contributed by atoms with Gasteiger partial charge in [0, 0.05) is 38.1 Å². The molecule has 0 aliphatic carbocycles. The second-order valence-electron chi connectivity index (χ2n) is 8.64. The molecule has 0 saturated carbocycles. The predicted octanol–water partition coefficient (Wildman–Crippen LogP) is 1.20. The van der Waals surface area contributed by atoms with Gasteiger partial charge in [0.1, 0.15) is 17.5 Å². The summed E-state index contributed by atoms with van der Waals surface area (Å²) in [7, 11) is 1.40. The highest BCUT2D eigenvalue weighted by Gasteiger charge is 2.27. The number of benzene rings is 1. The highest BCUT2D eigenvalue weighted by Crippen LogP contribution is 2.24. The number of aromatic nitrogens is 1. The fourth-order valence-corrected chi connectivity index (χ4v) is 3.89. The van der Waals surface area contributed by atoms with E-state index in [1.165, 1.54) is 11.6 Å². The zero-order chi connectivity index (χ0) is 27.8. The van der Waals surface area contributed by atoms with Crippen molar-refractivity contribution in [2.24, 2.45) is 12.0 Å². The number of pyridine rings is 1. The molecule has 3 rings (SSSR count). The van der Waals surface area contributed by atoms with Crippen molar-refractivity contribution in [3.8, 4) is 0 Å². The lowest BCUT2D eigenvalue weighted by Crippen LogP contribution is -2.49. The summed E-state index contributed by atoms with van der Waals surface area (Å²) in [6.45, 7) is 1.78. The number of fused-ring (bicyclic) bond motifs is 1. The van der Waals surface area contributed by atoms with Crippen LogP contribution >= 0.6 is 0 Å². The van der Waals surface area contributed by atoms with Crippen LogP contribution in [0.15, 0.2) is 22.1 Å². The van der Waals surface area contributed by atoms with Crippen molar-refractivity contribution >= 4 is 41.3 Å². The molecule has 2 heterocycles. The van der Waals surface area contributed by atoms with Gasteiger partial charge in [0.05, 0.1) is 24.1 Å². The first-order chi connectivity index (χ1) is 18.2. The third-order valence-corrected chi connectivity index (χ3v) is 5.91. The van der Waals surface area contributed by atoms with Crippen LogP contribution < -0.4 is 26.3 Å². The lowest BCUT2D eigenvalue weighted by molar-refractivity contribution is -0.139. The minimum absolute atomic E-state index is 0.0797. The Bertz CT molecular complexity index is 1280. The van der Waals surface area contributed by atoms with E-state index in [-0.39, 0.29) is 41.7 Å². The molecule has 206 valence electrons. The number of halogens is 2. The summed E-state index contributed by atoms with van der Waals surface area (Å²) in [6, 6.07) is -0.743. The van der Waals surface area contributed by atoms with E-state index in [9.17, 15) is 28.7 Å². The number of aliphatic carboxylic acids is 1. The molecule has 1 aromatic heterocycles. The van der Waals surface area contributed by atoms with Crippen molar-refractivity contribution in [3.05, 3.63) is 39.7 Å². The van der Waals surface area contributed by atoms with Gasteiger partial charge < -0.3 is 24.6 Å². The summed E-state index contributed by atoms with van der Waals surface area (Å²) in [6.07, 6.45) is 3.61. The van der Waals surface area contributed by atoms with Crippen LogP contribution in [-0.2, 0) is 27.9 Å². The normalized spacial score (nSPS) is 15.7. The van der Waals surface area contributed by atoms with Gasteiger partial charge in [-0.2, -0.15) is 0 Å². The Morgan fingerprint density at radius 1 is 1.42 bits per heavy atom. The van der Waals surface area contributed by atoms with Gasteiger partial charge in [-0.3, -0.25) is 25.2 Å². The Labute approximate surface area is 216 Å². The quantitative estimate of drug-likeness (QED) is 0.233. The molecule has 0 bridgehead atoms. The molecule has 12 nitrogen and oxygen atoms in total. The van der Waals surface area contributed by atoms with Gasteiger partial charge in [0.15, 0.2) is 12.1 Å². The van der Waals surface area contributed by atoms with Crippen molar-refractivity contribution < 1.29 is 33.0 Å². The van der Waals surface area contributed by atoms with E-state index in [0.717, 1.165) is 30.0 Å². The number of hydrogen-bond acceptors (Lipinski definition) is 8. The second-order valence-corrected chi connectivity index (χ2v) is 8.64. The number of carboxylic acid groups (broad SMARTS) is 1. The summed E-state index contributed by atoms with van der Waals surface area (Å²) in [4.78, 5) is 53.6. The van der Waals surface area contributed by atoms with Crippen molar-refractivity contribution in [3.63, 3.8) is 0 Å². The molecule has 1 aliphatic heterocycles. The molecular formula is C24H30F2N6O6. The van der Waals surface area contributed by atoms with Gasteiger partial charge in [0.25, 0.3) is 0 Å². The molecule has 4 N–H and O–H groups in total. The average Bonchev–Trinajstić information content (AvgIpc) is 2.89. The zero-order valence-corrected chi connectivity index (χ0v) is 21.0. The highest BCUT2D eigenvalue weighted by molar-refractivity contribution is 5.88. The summed E-state index contributed by atoms with van der Waals surface area (Å²) >= 11 is 0. The SMILES string of the molecule is CCCCOC(=O)NC(CN(C=O)c1cn(C)c2c(F)c(CNC3N=CCCN3)c(F)cc2c1=O)C(=O)O. The van der Waals surface area contributed by atoms with E-state index in [0.29, 0.717) is 13.0 Å². The number of hydrogen-bond donors (Lipinski definition) is 4. The van der Waals surface area contributed by atoms with Crippen molar-refractivity contribution in [1.82, 2.24) is 20.5 Å². The maximum absolute atomic E-state index is 15.4. The van der Waals surface area contributed by atoms with Crippen LogP contribution in [0.4, 0.5) is 19.3 Å². The standard InChI is InChI=1S/C24H30F2N6O6/c1-3-4-8-38-24(37)30-17(22(35)36)11-32(13-33)18-12-31(2)20-14(21(18)34)9-16(25)15(19(20)26)10-29-23-27-6-5-7-28-23/h6,9,12-13,17,23,28-29H,3-5,7-8,10-11H2,1-2H3,(H,30,37)(H,35,36). The van der Waals surface area contributed by atoms with Crippen LogP contribution in [0.2, 0.25) is 0 Å². The molecule has 14 heteroatoms. The van der Waals surface area contributed by atoms with Gasteiger partial charge in [-0.1, -0.05) is 13.3 Å². The number of ether oxygens (including phenoxy) is 1. The van der Waals surface area contributed by atoms with E-state index >= 15 is 4.39 Å². The van der Waals surface area contributed by atoms with Crippen LogP contribution in [0.5, 0.6) is 0 Å². The first-order valence-electron chi connectivity index (χ1n) is 12.0. The second kappa shape index (κ2) is 13.1. The minimum atomic E-state index is -1.62. The van der Waals surface area contributed by atoms with Crippen LogP contribution in [0.3, 0.4) is 0 Å². The first kappa shape index (κ1) is 28.7. The number of rotatable bonds is 12. The number of nitrogens with zero attached hydrogens (tertiary/aromatic N) is 3. The van der Waals surface area contributed by atoms with E-state index in [4.69, 9.17) is 4.74 Å². The maximum atomic E-state index is 15.4. The number of amides is 2. The molecular weight excluding hydrogens is 506 g/mol. The number of aliphatic imine (C=N–C) groups is 1. The molecule has 38 heavy (non-hydrogen) atoms. The van der Waals surface area contributed by atoms with Gasteiger partial charge in [-0.15, -0.1) is 0 Å². The first-order valence-corrected chi connectivity index (χ1v) is 12.0. The Kier molecular flexibility index (Phi) is 9.85. The third kappa shape index (κ3) is 6.69. The van der Waals surface area contributed by atoms with Gasteiger partial charge in [-0.05, 0) is 18.9 Å². The van der Waals surface area contributed by atoms with Gasteiger partial charge in [0.2, 0.25) is 11.8 Å². The van der Waals surface area contributed by atoms with E-state index in [1.54, 1.807) is 6.21 Å². The van der Waals surface area contributed by atoms with E-state index in [1.807, 2.05) is 6.92 Å². The van der Waals surface area contributed by atoms with Crippen LogP contribution in [-0.4, -0.2) is 66.4 Å². The molecule has 2 unspecified atom stereocenters. The van der Waals surface area contributed by atoms with Crippen molar-refractivity contribution in [2.45, 2.75) is 45.1 Å². The van der Waals surface area contributed by atoms with E-state index < -0.39 is 48.0 Å². The summed E-state index contributed by atoms with van der Waals surface area (Å²) < 4.78 is 36.4. The number of alkyl carbamates (subject to hydrolysis) is 1. The molecule has 0 saturated heterocycles. The predicted molar refractivity (Wildman–Crippen MR) is 135 cm³/mol. The van der Waals surface area contributed by atoms with Crippen molar-refractivity contribution in [2.75, 3.05) is 24.6 Å². The number of carboxylic acids is 1. The molecule has 2 atom stereocenters. The molecule has 0 spiro atoms. The number of anilines is 1. The smallest absolute Gasteiger partial charge is 0.407 e. The largest absolute Gasteiger partial charge is 0.480 e.